The zero-order valence-corrected chi connectivity index (χ0v) is 11.7. The predicted octanol–water partition coefficient (Wildman–Crippen LogP) is 1.53. The van der Waals surface area contributed by atoms with Crippen molar-refractivity contribution in [2.75, 3.05) is 45.4 Å². The van der Waals surface area contributed by atoms with Gasteiger partial charge in [-0.2, -0.15) is 0 Å². The lowest BCUT2D eigenvalue weighted by Crippen LogP contribution is -2.31. The van der Waals surface area contributed by atoms with Gasteiger partial charge in [0.15, 0.2) is 0 Å². The van der Waals surface area contributed by atoms with Crippen LogP contribution in [0.25, 0.3) is 0 Å². The summed E-state index contributed by atoms with van der Waals surface area (Å²) < 4.78 is 10.1. The number of aromatic nitrogens is 1. The van der Waals surface area contributed by atoms with E-state index in [4.69, 9.17) is 26.2 Å². The second-order valence-corrected chi connectivity index (χ2v) is 4.21. The number of pyridine rings is 1. The van der Waals surface area contributed by atoms with Crippen LogP contribution in [0.2, 0.25) is 5.02 Å². The molecule has 0 radical (unpaired) electrons. The SMILES string of the molecule is COCCN(CCOC)c1ncc(C(=O)O)cc1Cl. The smallest absolute Gasteiger partial charge is 0.337 e. The number of rotatable bonds is 8. The van der Waals surface area contributed by atoms with E-state index in [1.54, 1.807) is 14.2 Å². The molecule has 0 amide bonds. The fraction of sp³-hybridized carbons (Fsp3) is 0.500. The summed E-state index contributed by atoms with van der Waals surface area (Å²) in [4.78, 5) is 16.8. The fourth-order valence-corrected chi connectivity index (χ4v) is 1.79. The van der Waals surface area contributed by atoms with Gasteiger partial charge < -0.3 is 19.5 Å². The summed E-state index contributed by atoms with van der Waals surface area (Å²) >= 11 is 6.08. The molecule has 0 aliphatic carbocycles. The summed E-state index contributed by atoms with van der Waals surface area (Å²) in [5.74, 6) is -0.526. The van der Waals surface area contributed by atoms with Crippen molar-refractivity contribution in [3.63, 3.8) is 0 Å². The average molecular weight is 289 g/mol. The zero-order chi connectivity index (χ0) is 14.3. The molecule has 0 spiro atoms. The lowest BCUT2D eigenvalue weighted by atomic mass is 10.3. The quantitative estimate of drug-likeness (QED) is 0.782. The van der Waals surface area contributed by atoms with Crippen molar-refractivity contribution >= 4 is 23.4 Å². The van der Waals surface area contributed by atoms with Gasteiger partial charge >= 0.3 is 5.97 Å². The van der Waals surface area contributed by atoms with Crippen LogP contribution in [0.15, 0.2) is 12.3 Å². The van der Waals surface area contributed by atoms with Gasteiger partial charge in [0.05, 0.1) is 23.8 Å². The van der Waals surface area contributed by atoms with Gasteiger partial charge in [0.25, 0.3) is 0 Å². The van der Waals surface area contributed by atoms with Crippen LogP contribution in [0.3, 0.4) is 0 Å². The normalized spacial score (nSPS) is 10.5. The molecule has 0 fully saturated rings. The Kier molecular flexibility index (Phi) is 6.55. The first kappa shape index (κ1) is 15.7. The maximum Gasteiger partial charge on any atom is 0.337 e. The van der Waals surface area contributed by atoms with E-state index in [-0.39, 0.29) is 5.56 Å². The second-order valence-electron chi connectivity index (χ2n) is 3.81. The lowest BCUT2D eigenvalue weighted by Gasteiger charge is -2.24. The van der Waals surface area contributed by atoms with Crippen molar-refractivity contribution in [1.82, 2.24) is 4.98 Å². The van der Waals surface area contributed by atoms with E-state index < -0.39 is 5.97 Å². The highest BCUT2D eigenvalue weighted by Crippen LogP contribution is 2.24. The molecular weight excluding hydrogens is 272 g/mol. The van der Waals surface area contributed by atoms with E-state index in [1.165, 1.54) is 12.3 Å². The lowest BCUT2D eigenvalue weighted by molar-refractivity contribution is 0.0696. The molecule has 19 heavy (non-hydrogen) atoms. The number of nitrogens with zero attached hydrogens (tertiary/aromatic N) is 2. The molecule has 0 aliphatic rings. The first-order valence-electron chi connectivity index (χ1n) is 5.71. The number of aromatic carboxylic acids is 1. The van der Waals surface area contributed by atoms with E-state index in [0.29, 0.717) is 37.1 Å². The van der Waals surface area contributed by atoms with E-state index in [1.807, 2.05) is 4.90 Å². The van der Waals surface area contributed by atoms with Crippen LogP contribution in [-0.2, 0) is 9.47 Å². The largest absolute Gasteiger partial charge is 0.478 e. The van der Waals surface area contributed by atoms with Crippen LogP contribution in [0.4, 0.5) is 5.82 Å². The maximum atomic E-state index is 10.8. The predicted molar refractivity (Wildman–Crippen MR) is 72.2 cm³/mol. The number of halogens is 1. The number of carboxylic acids is 1. The molecular formula is C12H17ClN2O4. The Labute approximate surface area is 116 Å². The topological polar surface area (TPSA) is 71.9 Å². The van der Waals surface area contributed by atoms with Gasteiger partial charge in [-0.3, -0.25) is 0 Å². The summed E-state index contributed by atoms with van der Waals surface area (Å²) in [6.07, 6.45) is 1.29. The minimum absolute atomic E-state index is 0.0622. The third-order valence-electron chi connectivity index (χ3n) is 2.50. The Bertz CT molecular complexity index is 420. The monoisotopic (exact) mass is 288 g/mol. The first-order chi connectivity index (χ1) is 9.10. The molecule has 1 aromatic rings. The van der Waals surface area contributed by atoms with Gasteiger partial charge in [-0.1, -0.05) is 11.6 Å². The van der Waals surface area contributed by atoms with Crippen molar-refractivity contribution in [3.8, 4) is 0 Å². The summed E-state index contributed by atoms with van der Waals surface area (Å²) in [7, 11) is 3.22. The van der Waals surface area contributed by atoms with Crippen molar-refractivity contribution in [1.29, 1.82) is 0 Å². The molecule has 0 bridgehead atoms. The third kappa shape index (κ3) is 4.66. The second kappa shape index (κ2) is 7.93. The first-order valence-corrected chi connectivity index (χ1v) is 6.09. The molecule has 0 unspecified atom stereocenters. The maximum absolute atomic E-state index is 10.8. The molecule has 0 saturated carbocycles. The highest BCUT2D eigenvalue weighted by Gasteiger charge is 2.14. The third-order valence-corrected chi connectivity index (χ3v) is 2.78. The van der Waals surface area contributed by atoms with Gasteiger partial charge in [-0.15, -0.1) is 0 Å². The van der Waals surface area contributed by atoms with E-state index >= 15 is 0 Å². The van der Waals surface area contributed by atoms with Crippen LogP contribution < -0.4 is 4.90 Å². The van der Waals surface area contributed by atoms with E-state index in [9.17, 15) is 4.79 Å². The Morgan fingerprint density at radius 3 is 2.37 bits per heavy atom. The summed E-state index contributed by atoms with van der Waals surface area (Å²) in [5.41, 5.74) is 0.0622. The van der Waals surface area contributed by atoms with Crippen LogP contribution in [0, 0.1) is 0 Å². The molecule has 1 N–H and O–H groups in total. The molecule has 6 nitrogen and oxygen atoms in total. The summed E-state index contributed by atoms with van der Waals surface area (Å²) in [5, 5.41) is 9.17. The molecule has 0 atom stereocenters. The number of hydrogen-bond donors (Lipinski definition) is 1. The van der Waals surface area contributed by atoms with Crippen molar-refractivity contribution in [2.24, 2.45) is 0 Å². The van der Waals surface area contributed by atoms with E-state index in [2.05, 4.69) is 4.98 Å². The molecule has 1 aromatic heterocycles. The van der Waals surface area contributed by atoms with Gasteiger partial charge in [0.2, 0.25) is 0 Å². The minimum Gasteiger partial charge on any atom is -0.478 e. The number of anilines is 1. The van der Waals surface area contributed by atoms with Crippen LogP contribution in [0.1, 0.15) is 10.4 Å². The molecule has 0 aliphatic heterocycles. The number of carbonyl (C=O) groups is 1. The van der Waals surface area contributed by atoms with Crippen molar-refractivity contribution in [2.45, 2.75) is 0 Å². The zero-order valence-electron chi connectivity index (χ0n) is 10.9. The Hall–Kier alpha value is -1.37. The van der Waals surface area contributed by atoms with Gasteiger partial charge in [-0.05, 0) is 6.07 Å². The minimum atomic E-state index is -1.05. The van der Waals surface area contributed by atoms with Crippen LogP contribution in [0.5, 0.6) is 0 Å². The molecule has 106 valence electrons. The Morgan fingerprint density at radius 1 is 1.37 bits per heavy atom. The average Bonchev–Trinajstić information content (AvgIpc) is 2.39. The number of hydrogen-bond acceptors (Lipinski definition) is 5. The molecule has 0 saturated heterocycles. The van der Waals surface area contributed by atoms with Crippen LogP contribution in [-0.4, -0.2) is 56.6 Å². The van der Waals surface area contributed by atoms with Gasteiger partial charge in [0, 0.05) is 33.5 Å². The summed E-state index contributed by atoms with van der Waals surface area (Å²) in [6, 6.07) is 1.39. The standard InChI is InChI=1S/C12H17ClN2O4/c1-18-5-3-15(4-6-19-2)11-10(13)7-9(8-14-11)12(16)17/h7-8H,3-6H2,1-2H3,(H,16,17). The molecule has 1 rings (SSSR count). The number of ether oxygens (including phenoxy) is 2. The molecule has 7 heteroatoms. The van der Waals surface area contributed by atoms with E-state index in [0.717, 1.165) is 0 Å². The Balaban J connectivity index is 2.90. The highest BCUT2D eigenvalue weighted by molar-refractivity contribution is 6.33. The highest BCUT2D eigenvalue weighted by atomic mass is 35.5. The fourth-order valence-electron chi connectivity index (χ4n) is 1.51. The molecule has 1 heterocycles. The Morgan fingerprint density at radius 2 is 1.95 bits per heavy atom. The van der Waals surface area contributed by atoms with Crippen molar-refractivity contribution in [3.05, 3.63) is 22.8 Å². The number of carboxylic acid groups (broad SMARTS) is 1. The number of methoxy groups -OCH3 is 2. The summed E-state index contributed by atoms with van der Waals surface area (Å²) in [6.45, 7) is 2.23. The van der Waals surface area contributed by atoms with Crippen LogP contribution >= 0.6 is 11.6 Å². The molecule has 0 aromatic carbocycles. The van der Waals surface area contributed by atoms with Crippen molar-refractivity contribution < 1.29 is 19.4 Å². The van der Waals surface area contributed by atoms with Gasteiger partial charge in [0.1, 0.15) is 5.82 Å². The van der Waals surface area contributed by atoms with Gasteiger partial charge in [-0.25, -0.2) is 9.78 Å².